The Labute approximate surface area is 150 Å². The lowest BCUT2D eigenvalue weighted by molar-refractivity contribution is -0.127. The molecule has 0 heterocycles. The van der Waals surface area contributed by atoms with Crippen molar-refractivity contribution in [3.8, 4) is 17.6 Å². The van der Waals surface area contributed by atoms with Crippen molar-refractivity contribution in [2.24, 2.45) is 0 Å². The van der Waals surface area contributed by atoms with Gasteiger partial charge in [-0.25, -0.2) is 0 Å². The molecule has 0 fully saturated rings. The first-order valence-electron chi connectivity index (χ1n) is 7.91. The summed E-state index contributed by atoms with van der Waals surface area (Å²) >= 11 is 0. The zero-order valence-corrected chi connectivity index (χ0v) is 14.3. The van der Waals surface area contributed by atoms with Crippen LogP contribution in [0.5, 0.6) is 11.5 Å². The van der Waals surface area contributed by atoms with Gasteiger partial charge in [0.25, 0.3) is 5.91 Å². The highest BCUT2D eigenvalue weighted by Crippen LogP contribution is 2.22. The predicted octanol–water partition coefficient (Wildman–Crippen LogP) is 3.80. The molecular weight excluding hydrogens is 342 g/mol. The van der Waals surface area contributed by atoms with E-state index in [1.807, 2.05) is 6.07 Å². The molecule has 136 valence electrons. The Morgan fingerprint density at radius 2 is 1.85 bits per heavy atom. The van der Waals surface area contributed by atoms with Gasteiger partial charge in [0.2, 0.25) is 0 Å². The Hall–Kier alpha value is -3.14. The Bertz CT molecular complexity index is 805. The van der Waals surface area contributed by atoms with Crippen molar-refractivity contribution in [3.05, 3.63) is 59.7 Å². The molecule has 0 spiro atoms. The number of amides is 1. The number of nitrogens with one attached hydrogen (secondary N) is 1. The number of nitriles is 1. The Kier molecular flexibility index (Phi) is 6.50. The second kappa shape index (κ2) is 8.81. The zero-order chi connectivity index (χ0) is 19.1. The smallest absolute Gasteiger partial charge is 0.387 e. The SMILES string of the molecule is CC(Oc1ccccc1C#N)C(=O)NC(C)c1cccc(OC(F)F)c1. The van der Waals surface area contributed by atoms with Crippen LogP contribution >= 0.6 is 0 Å². The van der Waals surface area contributed by atoms with Crippen LogP contribution in [0.4, 0.5) is 8.78 Å². The topological polar surface area (TPSA) is 71.3 Å². The molecule has 2 unspecified atom stereocenters. The molecule has 7 heteroatoms. The lowest BCUT2D eigenvalue weighted by Crippen LogP contribution is -2.37. The van der Waals surface area contributed by atoms with Gasteiger partial charge in [-0.1, -0.05) is 24.3 Å². The maximum atomic E-state index is 12.3. The van der Waals surface area contributed by atoms with E-state index < -0.39 is 24.7 Å². The van der Waals surface area contributed by atoms with Gasteiger partial charge in [-0.05, 0) is 43.7 Å². The van der Waals surface area contributed by atoms with Crippen molar-refractivity contribution in [1.29, 1.82) is 5.26 Å². The molecule has 26 heavy (non-hydrogen) atoms. The van der Waals surface area contributed by atoms with Crippen LogP contribution in [0.3, 0.4) is 0 Å². The number of carbonyl (C=O) groups is 1. The summed E-state index contributed by atoms with van der Waals surface area (Å²) in [5.74, 6) is -0.0612. The van der Waals surface area contributed by atoms with E-state index in [0.717, 1.165) is 0 Å². The summed E-state index contributed by atoms with van der Waals surface area (Å²) < 4.78 is 34.5. The number of para-hydroxylation sites is 1. The first-order valence-corrected chi connectivity index (χ1v) is 7.91. The number of hydrogen-bond acceptors (Lipinski definition) is 4. The molecule has 5 nitrogen and oxygen atoms in total. The standard InChI is InChI=1S/C19H18F2N2O3/c1-12(14-7-5-8-16(10-14)26-19(20)21)23-18(24)13(2)25-17-9-4-3-6-15(17)11-22/h3-10,12-13,19H,1-2H3,(H,23,24). The van der Waals surface area contributed by atoms with Crippen molar-refractivity contribution in [3.63, 3.8) is 0 Å². The van der Waals surface area contributed by atoms with Gasteiger partial charge in [0, 0.05) is 0 Å². The highest BCUT2D eigenvalue weighted by atomic mass is 19.3. The number of rotatable bonds is 7. The Balaban J connectivity index is 2.01. The van der Waals surface area contributed by atoms with Crippen LogP contribution in [0, 0.1) is 11.3 Å². The molecule has 2 rings (SSSR count). The fourth-order valence-electron chi connectivity index (χ4n) is 2.28. The summed E-state index contributed by atoms with van der Waals surface area (Å²) in [5, 5.41) is 11.8. The third-order valence-electron chi connectivity index (χ3n) is 3.62. The first kappa shape index (κ1) is 19.2. The van der Waals surface area contributed by atoms with Crippen LogP contribution in [0.25, 0.3) is 0 Å². The van der Waals surface area contributed by atoms with E-state index in [2.05, 4.69) is 10.1 Å². The lowest BCUT2D eigenvalue weighted by atomic mass is 10.1. The minimum atomic E-state index is -2.91. The minimum absolute atomic E-state index is 0.0193. The summed E-state index contributed by atoms with van der Waals surface area (Å²) in [5.41, 5.74) is 0.943. The summed E-state index contributed by atoms with van der Waals surface area (Å²) in [4.78, 5) is 12.3. The fraction of sp³-hybridized carbons (Fsp3) is 0.263. The molecule has 0 aliphatic carbocycles. The number of halogens is 2. The highest BCUT2D eigenvalue weighted by molar-refractivity contribution is 5.81. The van der Waals surface area contributed by atoms with E-state index in [4.69, 9.17) is 10.00 Å². The second-order valence-corrected chi connectivity index (χ2v) is 5.55. The van der Waals surface area contributed by atoms with E-state index in [1.165, 1.54) is 12.1 Å². The molecule has 0 bridgehead atoms. The summed E-state index contributed by atoms with van der Waals surface area (Å²) in [7, 11) is 0. The van der Waals surface area contributed by atoms with Gasteiger partial charge < -0.3 is 14.8 Å². The predicted molar refractivity (Wildman–Crippen MR) is 90.9 cm³/mol. The molecule has 0 aliphatic heterocycles. The van der Waals surface area contributed by atoms with Crippen LogP contribution in [0.2, 0.25) is 0 Å². The average Bonchev–Trinajstić information content (AvgIpc) is 2.61. The van der Waals surface area contributed by atoms with Crippen LogP contribution in [-0.4, -0.2) is 18.6 Å². The molecule has 2 aromatic rings. The Morgan fingerprint density at radius 1 is 1.12 bits per heavy atom. The number of alkyl halides is 2. The van der Waals surface area contributed by atoms with Crippen molar-refractivity contribution in [2.75, 3.05) is 0 Å². The molecule has 0 aliphatic rings. The monoisotopic (exact) mass is 360 g/mol. The maximum absolute atomic E-state index is 12.3. The van der Waals surface area contributed by atoms with Crippen molar-refractivity contribution >= 4 is 5.91 Å². The van der Waals surface area contributed by atoms with Crippen molar-refractivity contribution in [2.45, 2.75) is 32.6 Å². The second-order valence-electron chi connectivity index (χ2n) is 5.55. The van der Waals surface area contributed by atoms with Crippen LogP contribution in [0.1, 0.15) is 31.0 Å². The third kappa shape index (κ3) is 5.18. The van der Waals surface area contributed by atoms with Gasteiger partial charge in [-0.3, -0.25) is 4.79 Å². The largest absolute Gasteiger partial charge is 0.480 e. The zero-order valence-electron chi connectivity index (χ0n) is 14.3. The van der Waals surface area contributed by atoms with E-state index in [9.17, 15) is 13.6 Å². The number of carbonyl (C=O) groups excluding carboxylic acids is 1. The molecular formula is C19H18F2N2O3. The molecule has 1 N–H and O–H groups in total. The van der Waals surface area contributed by atoms with Crippen molar-refractivity contribution < 1.29 is 23.0 Å². The quantitative estimate of drug-likeness (QED) is 0.815. The third-order valence-corrected chi connectivity index (χ3v) is 3.62. The highest BCUT2D eigenvalue weighted by Gasteiger charge is 2.19. The molecule has 1 amide bonds. The first-order chi connectivity index (χ1) is 12.4. The van der Waals surface area contributed by atoms with Crippen molar-refractivity contribution in [1.82, 2.24) is 5.32 Å². The van der Waals surface area contributed by atoms with Gasteiger partial charge >= 0.3 is 6.61 Å². The van der Waals surface area contributed by atoms with Gasteiger partial charge in [-0.2, -0.15) is 14.0 Å². The average molecular weight is 360 g/mol. The molecule has 2 atom stereocenters. The van der Waals surface area contributed by atoms with E-state index in [1.54, 1.807) is 50.2 Å². The number of nitrogens with zero attached hydrogens (tertiary/aromatic N) is 1. The van der Waals surface area contributed by atoms with Gasteiger partial charge in [0.1, 0.15) is 17.6 Å². The van der Waals surface area contributed by atoms with E-state index in [0.29, 0.717) is 16.9 Å². The lowest BCUT2D eigenvalue weighted by Gasteiger charge is -2.20. The van der Waals surface area contributed by atoms with Gasteiger partial charge in [0.05, 0.1) is 11.6 Å². The minimum Gasteiger partial charge on any atom is -0.480 e. The summed E-state index contributed by atoms with van der Waals surface area (Å²) in [6, 6.07) is 14.3. The number of hydrogen-bond donors (Lipinski definition) is 1. The molecule has 0 aromatic heterocycles. The number of ether oxygens (including phenoxy) is 2. The van der Waals surface area contributed by atoms with Crippen LogP contribution < -0.4 is 14.8 Å². The molecule has 0 saturated heterocycles. The number of benzene rings is 2. The van der Waals surface area contributed by atoms with E-state index in [-0.39, 0.29) is 5.75 Å². The normalized spacial score (nSPS) is 12.8. The molecule has 0 saturated carbocycles. The van der Waals surface area contributed by atoms with Gasteiger partial charge in [0.15, 0.2) is 6.10 Å². The summed E-state index contributed by atoms with van der Waals surface area (Å²) in [6.45, 7) is 0.366. The summed E-state index contributed by atoms with van der Waals surface area (Å²) in [6.07, 6.45) is -0.840. The van der Waals surface area contributed by atoms with Crippen LogP contribution in [0.15, 0.2) is 48.5 Å². The van der Waals surface area contributed by atoms with Crippen LogP contribution in [-0.2, 0) is 4.79 Å². The maximum Gasteiger partial charge on any atom is 0.387 e. The Morgan fingerprint density at radius 3 is 2.54 bits per heavy atom. The van der Waals surface area contributed by atoms with E-state index >= 15 is 0 Å². The van der Waals surface area contributed by atoms with Gasteiger partial charge in [-0.15, -0.1) is 0 Å². The molecule has 2 aromatic carbocycles. The fourth-order valence-corrected chi connectivity index (χ4v) is 2.28. The molecule has 0 radical (unpaired) electrons.